The number of rotatable bonds is 7. The topological polar surface area (TPSA) is 58.6 Å². The van der Waals surface area contributed by atoms with E-state index >= 15 is 0 Å². The van der Waals surface area contributed by atoms with Crippen molar-refractivity contribution in [2.75, 3.05) is 37.4 Å². The number of ether oxygens (including phenoxy) is 1. The second kappa shape index (κ2) is 10.8. The maximum Gasteiger partial charge on any atom is 0.257 e. The number of amides is 2. The molecule has 1 fully saturated rings. The molecule has 5 nitrogen and oxygen atoms in total. The van der Waals surface area contributed by atoms with E-state index in [0.29, 0.717) is 49.0 Å². The zero-order chi connectivity index (χ0) is 22.3. The largest absolute Gasteiger partial charge is 0.378 e. The van der Waals surface area contributed by atoms with Crippen LogP contribution in [0.5, 0.6) is 0 Å². The molecule has 0 radical (unpaired) electrons. The summed E-state index contributed by atoms with van der Waals surface area (Å²) in [5.74, 6) is 0.557. The highest BCUT2D eigenvalue weighted by Crippen LogP contribution is 2.40. The van der Waals surface area contributed by atoms with Crippen LogP contribution in [-0.4, -0.2) is 48.8 Å². The Hall–Kier alpha value is -2.61. The van der Waals surface area contributed by atoms with Crippen LogP contribution in [0.2, 0.25) is 0 Å². The Balaban J connectivity index is 1.53. The summed E-state index contributed by atoms with van der Waals surface area (Å²) in [5.41, 5.74) is 2.55. The van der Waals surface area contributed by atoms with Gasteiger partial charge in [0.25, 0.3) is 5.91 Å². The molecular formula is C25H26N2O3S2. The van der Waals surface area contributed by atoms with Crippen molar-refractivity contribution in [3.8, 4) is 10.4 Å². The lowest BCUT2D eigenvalue weighted by atomic mass is 10.1. The van der Waals surface area contributed by atoms with E-state index < -0.39 is 0 Å². The van der Waals surface area contributed by atoms with Crippen molar-refractivity contribution in [2.24, 2.45) is 0 Å². The lowest BCUT2D eigenvalue weighted by Gasteiger charge is -2.27. The van der Waals surface area contributed by atoms with Crippen LogP contribution in [0.1, 0.15) is 22.3 Å². The van der Waals surface area contributed by atoms with Crippen LogP contribution >= 0.6 is 23.1 Å². The van der Waals surface area contributed by atoms with Crippen LogP contribution in [0.4, 0.5) is 5.00 Å². The zero-order valence-electron chi connectivity index (χ0n) is 18.0. The van der Waals surface area contributed by atoms with Gasteiger partial charge in [0.1, 0.15) is 5.00 Å². The van der Waals surface area contributed by atoms with Gasteiger partial charge in [-0.2, -0.15) is 0 Å². The number of hydrogen-bond acceptors (Lipinski definition) is 5. The van der Waals surface area contributed by atoms with Gasteiger partial charge >= 0.3 is 0 Å². The summed E-state index contributed by atoms with van der Waals surface area (Å²) in [6.45, 7) is 4.18. The quantitative estimate of drug-likeness (QED) is 0.479. The number of nitrogens with zero attached hydrogens (tertiary/aromatic N) is 1. The van der Waals surface area contributed by atoms with Gasteiger partial charge in [-0.15, -0.1) is 23.1 Å². The van der Waals surface area contributed by atoms with Crippen molar-refractivity contribution in [1.82, 2.24) is 4.90 Å². The minimum Gasteiger partial charge on any atom is -0.378 e. The van der Waals surface area contributed by atoms with E-state index in [1.165, 1.54) is 11.3 Å². The fourth-order valence-electron chi connectivity index (χ4n) is 3.62. The molecule has 2 heterocycles. The van der Waals surface area contributed by atoms with Crippen LogP contribution in [0, 0.1) is 6.92 Å². The van der Waals surface area contributed by atoms with E-state index in [2.05, 4.69) is 5.32 Å². The second-order valence-corrected chi connectivity index (χ2v) is 9.68. The molecule has 0 spiro atoms. The summed E-state index contributed by atoms with van der Waals surface area (Å²) >= 11 is 3.12. The molecule has 0 aliphatic carbocycles. The van der Waals surface area contributed by atoms with Crippen molar-refractivity contribution >= 4 is 39.9 Å². The molecule has 32 heavy (non-hydrogen) atoms. The molecule has 1 aliphatic heterocycles. The molecule has 1 aromatic heterocycles. The predicted molar refractivity (Wildman–Crippen MR) is 132 cm³/mol. The number of carbonyl (C=O) groups excluding carboxylic acids is 2. The standard InChI is InChI=1S/C25H26N2O3S2/c1-18-22(25(29)27-13-15-30-16-14-27)24(32-23(18)19-8-4-2-5-9-19)26-21(28)12-17-31-20-10-6-3-7-11-20/h2-11H,12-17H2,1H3,(H,26,28). The molecule has 3 aromatic rings. The van der Waals surface area contributed by atoms with Gasteiger partial charge in [-0.25, -0.2) is 0 Å². The Morgan fingerprint density at radius 1 is 1.03 bits per heavy atom. The molecule has 4 rings (SSSR count). The minimum absolute atomic E-state index is 0.0433. The first-order valence-electron chi connectivity index (χ1n) is 10.7. The van der Waals surface area contributed by atoms with Crippen molar-refractivity contribution in [1.29, 1.82) is 0 Å². The van der Waals surface area contributed by atoms with Gasteiger partial charge in [0.15, 0.2) is 0 Å². The van der Waals surface area contributed by atoms with Crippen LogP contribution in [0.3, 0.4) is 0 Å². The van der Waals surface area contributed by atoms with Crippen molar-refractivity contribution in [3.05, 3.63) is 71.8 Å². The van der Waals surface area contributed by atoms with Crippen molar-refractivity contribution < 1.29 is 14.3 Å². The fourth-order valence-corrected chi connectivity index (χ4v) is 5.71. The molecule has 2 aromatic carbocycles. The Labute approximate surface area is 196 Å². The number of anilines is 1. The number of morpholine rings is 1. The molecule has 2 amide bonds. The Morgan fingerprint density at radius 3 is 2.38 bits per heavy atom. The van der Waals surface area contributed by atoms with Crippen molar-refractivity contribution in [2.45, 2.75) is 18.2 Å². The number of nitrogens with one attached hydrogen (secondary N) is 1. The number of thioether (sulfide) groups is 1. The number of carbonyl (C=O) groups is 2. The first kappa shape index (κ1) is 22.6. The SMILES string of the molecule is Cc1c(-c2ccccc2)sc(NC(=O)CCSc2ccccc2)c1C(=O)N1CCOCC1. The molecule has 1 N–H and O–H groups in total. The van der Waals surface area contributed by atoms with E-state index in [4.69, 9.17) is 4.74 Å². The molecular weight excluding hydrogens is 440 g/mol. The molecule has 1 aliphatic rings. The highest BCUT2D eigenvalue weighted by Gasteiger charge is 2.27. The number of benzene rings is 2. The molecule has 1 saturated heterocycles. The average Bonchev–Trinajstić information content (AvgIpc) is 3.16. The Bertz CT molecular complexity index is 1060. The Morgan fingerprint density at radius 2 is 1.69 bits per heavy atom. The lowest BCUT2D eigenvalue weighted by molar-refractivity contribution is -0.115. The van der Waals surface area contributed by atoms with Gasteiger partial charge in [0.2, 0.25) is 5.91 Å². The highest BCUT2D eigenvalue weighted by atomic mass is 32.2. The third-order valence-corrected chi connectivity index (χ3v) is 7.56. The van der Waals surface area contributed by atoms with Crippen LogP contribution < -0.4 is 5.32 Å². The minimum atomic E-state index is -0.0784. The summed E-state index contributed by atoms with van der Waals surface area (Å²) < 4.78 is 5.40. The smallest absolute Gasteiger partial charge is 0.257 e. The lowest BCUT2D eigenvalue weighted by Crippen LogP contribution is -2.41. The van der Waals surface area contributed by atoms with E-state index in [0.717, 1.165) is 20.9 Å². The zero-order valence-corrected chi connectivity index (χ0v) is 19.6. The van der Waals surface area contributed by atoms with Gasteiger partial charge in [0.05, 0.1) is 18.8 Å². The second-order valence-electron chi connectivity index (χ2n) is 7.49. The van der Waals surface area contributed by atoms with Gasteiger partial charge in [-0.1, -0.05) is 48.5 Å². The monoisotopic (exact) mass is 466 g/mol. The first-order valence-corrected chi connectivity index (χ1v) is 12.5. The molecule has 0 saturated carbocycles. The molecule has 0 bridgehead atoms. The Kier molecular flexibility index (Phi) is 7.63. The normalized spacial score (nSPS) is 13.7. The van der Waals surface area contributed by atoms with E-state index in [1.54, 1.807) is 11.8 Å². The third kappa shape index (κ3) is 5.41. The van der Waals surface area contributed by atoms with Gasteiger partial charge in [-0.3, -0.25) is 9.59 Å². The van der Waals surface area contributed by atoms with Crippen molar-refractivity contribution in [3.63, 3.8) is 0 Å². The highest BCUT2D eigenvalue weighted by molar-refractivity contribution is 7.99. The number of thiophene rings is 1. The predicted octanol–water partition coefficient (Wildman–Crippen LogP) is 5.32. The summed E-state index contributed by atoms with van der Waals surface area (Å²) in [4.78, 5) is 30.1. The number of hydrogen-bond donors (Lipinski definition) is 1. The molecule has 0 atom stereocenters. The maximum absolute atomic E-state index is 13.4. The van der Waals surface area contributed by atoms with E-state index in [1.807, 2.05) is 72.5 Å². The third-order valence-electron chi connectivity index (χ3n) is 5.29. The van der Waals surface area contributed by atoms with Crippen LogP contribution in [0.15, 0.2) is 65.6 Å². The molecule has 0 unspecified atom stereocenters. The van der Waals surface area contributed by atoms with E-state index in [9.17, 15) is 9.59 Å². The van der Waals surface area contributed by atoms with Crippen LogP contribution in [0.25, 0.3) is 10.4 Å². The summed E-state index contributed by atoms with van der Waals surface area (Å²) in [6.07, 6.45) is 0.377. The molecule has 7 heteroatoms. The summed E-state index contributed by atoms with van der Waals surface area (Å²) in [6, 6.07) is 20.0. The summed E-state index contributed by atoms with van der Waals surface area (Å²) in [7, 11) is 0. The van der Waals surface area contributed by atoms with Gasteiger partial charge < -0.3 is 15.0 Å². The van der Waals surface area contributed by atoms with Gasteiger partial charge in [0, 0.05) is 35.0 Å². The fraction of sp³-hybridized carbons (Fsp3) is 0.280. The summed E-state index contributed by atoms with van der Waals surface area (Å²) in [5, 5.41) is 3.67. The van der Waals surface area contributed by atoms with E-state index in [-0.39, 0.29) is 11.8 Å². The molecule has 166 valence electrons. The van der Waals surface area contributed by atoms with Crippen LogP contribution in [-0.2, 0) is 9.53 Å². The first-order chi connectivity index (χ1) is 15.6. The maximum atomic E-state index is 13.4. The van der Waals surface area contributed by atoms with Gasteiger partial charge in [-0.05, 0) is 30.2 Å². The average molecular weight is 467 g/mol.